The van der Waals surface area contributed by atoms with Gasteiger partial charge in [0.25, 0.3) is 0 Å². The fourth-order valence-corrected chi connectivity index (χ4v) is 4.72. The summed E-state index contributed by atoms with van der Waals surface area (Å²) in [6.07, 6.45) is 3.22. The molecule has 2 saturated heterocycles. The van der Waals surface area contributed by atoms with Gasteiger partial charge in [-0.05, 0) is 25.8 Å². The van der Waals surface area contributed by atoms with Gasteiger partial charge in [-0.1, -0.05) is 6.92 Å². The van der Waals surface area contributed by atoms with E-state index in [0.717, 1.165) is 25.9 Å². The fourth-order valence-electron chi connectivity index (χ4n) is 3.04. The van der Waals surface area contributed by atoms with Crippen molar-refractivity contribution in [2.45, 2.75) is 38.3 Å². The van der Waals surface area contributed by atoms with Crippen molar-refractivity contribution in [3.05, 3.63) is 0 Å². The van der Waals surface area contributed by atoms with Gasteiger partial charge in [-0.25, -0.2) is 8.42 Å². The lowest BCUT2D eigenvalue weighted by atomic mass is 10.1. The first-order valence-corrected chi connectivity index (χ1v) is 8.42. The first kappa shape index (κ1) is 14.2. The van der Waals surface area contributed by atoms with E-state index in [2.05, 4.69) is 11.8 Å². The number of fused-ring (bicyclic) bond motifs is 1. The number of rotatable bonds is 5. The molecule has 2 rings (SSSR count). The Morgan fingerprint density at radius 3 is 2.78 bits per heavy atom. The average molecular weight is 276 g/mol. The van der Waals surface area contributed by atoms with Gasteiger partial charge in [0.15, 0.2) is 0 Å². The molecule has 106 valence electrons. The number of hydrogen-bond acceptors (Lipinski definition) is 4. The highest BCUT2D eigenvalue weighted by Gasteiger charge is 2.40. The second-order valence-corrected chi connectivity index (χ2v) is 7.27. The van der Waals surface area contributed by atoms with E-state index in [4.69, 9.17) is 4.74 Å². The molecular formula is C12H24N2O3S. The highest BCUT2D eigenvalue weighted by Crippen LogP contribution is 2.27. The Morgan fingerprint density at radius 2 is 2.11 bits per heavy atom. The van der Waals surface area contributed by atoms with Crippen LogP contribution in [-0.4, -0.2) is 68.8 Å². The number of nitrogens with zero attached hydrogens (tertiary/aromatic N) is 2. The van der Waals surface area contributed by atoms with E-state index in [-0.39, 0.29) is 18.4 Å². The van der Waals surface area contributed by atoms with E-state index in [1.165, 1.54) is 6.42 Å². The maximum atomic E-state index is 12.3. The molecular weight excluding hydrogens is 252 g/mol. The van der Waals surface area contributed by atoms with Crippen molar-refractivity contribution >= 4 is 10.0 Å². The molecule has 0 aromatic carbocycles. The van der Waals surface area contributed by atoms with Crippen LogP contribution in [0.15, 0.2) is 0 Å². The summed E-state index contributed by atoms with van der Waals surface area (Å²) in [7, 11) is -1.62. The maximum Gasteiger partial charge on any atom is 0.216 e. The molecule has 2 fully saturated rings. The van der Waals surface area contributed by atoms with Crippen LogP contribution in [0.25, 0.3) is 0 Å². The fraction of sp³-hybridized carbons (Fsp3) is 1.00. The Bertz CT molecular complexity index is 372. The van der Waals surface area contributed by atoms with Crippen LogP contribution in [0, 0.1) is 0 Å². The van der Waals surface area contributed by atoms with Gasteiger partial charge in [0.05, 0.1) is 12.4 Å². The van der Waals surface area contributed by atoms with Crippen molar-refractivity contribution in [3.8, 4) is 0 Å². The highest BCUT2D eigenvalue weighted by atomic mass is 32.2. The van der Waals surface area contributed by atoms with E-state index in [1.54, 1.807) is 11.4 Å². The third-order valence-corrected chi connectivity index (χ3v) is 5.96. The van der Waals surface area contributed by atoms with Crippen molar-refractivity contribution < 1.29 is 13.2 Å². The lowest BCUT2D eigenvalue weighted by Gasteiger charge is -2.42. The largest absolute Gasteiger partial charge is 0.384 e. The molecule has 5 nitrogen and oxygen atoms in total. The van der Waals surface area contributed by atoms with Crippen LogP contribution in [0.4, 0.5) is 0 Å². The minimum atomic E-state index is -3.16. The van der Waals surface area contributed by atoms with Crippen molar-refractivity contribution in [3.63, 3.8) is 0 Å². The van der Waals surface area contributed by atoms with Gasteiger partial charge in [0.1, 0.15) is 0 Å². The minimum absolute atomic E-state index is 0.104. The third-order valence-electron chi connectivity index (χ3n) is 4.12. The molecule has 2 heterocycles. The van der Waals surface area contributed by atoms with Crippen LogP contribution in [0.2, 0.25) is 0 Å². The molecule has 18 heavy (non-hydrogen) atoms. The normalized spacial score (nSPS) is 30.6. The molecule has 2 atom stereocenters. The average Bonchev–Trinajstić information content (AvgIpc) is 2.82. The van der Waals surface area contributed by atoms with Gasteiger partial charge in [0.2, 0.25) is 10.0 Å². The first-order chi connectivity index (χ1) is 8.58. The number of methoxy groups -OCH3 is 1. The van der Waals surface area contributed by atoms with Crippen LogP contribution in [0.3, 0.4) is 0 Å². The lowest BCUT2D eigenvalue weighted by molar-refractivity contribution is 0.106. The zero-order valence-electron chi connectivity index (χ0n) is 11.3. The molecule has 0 amide bonds. The van der Waals surface area contributed by atoms with Crippen LogP contribution >= 0.6 is 0 Å². The SMILES string of the molecule is CC[C@@H]1CN2CCC[C@@H]2CN1S(=O)(=O)CCOC. The highest BCUT2D eigenvalue weighted by molar-refractivity contribution is 7.89. The van der Waals surface area contributed by atoms with E-state index in [9.17, 15) is 8.42 Å². The van der Waals surface area contributed by atoms with Crippen molar-refractivity contribution in [1.82, 2.24) is 9.21 Å². The summed E-state index contributed by atoms with van der Waals surface area (Å²) in [5, 5.41) is 0. The monoisotopic (exact) mass is 276 g/mol. The molecule has 0 aromatic rings. The minimum Gasteiger partial charge on any atom is -0.384 e. The molecule has 0 N–H and O–H groups in total. The van der Waals surface area contributed by atoms with Crippen molar-refractivity contribution in [2.24, 2.45) is 0 Å². The van der Waals surface area contributed by atoms with E-state index in [1.807, 2.05) is 0 Å². The summed E-state index contributed by atoms with van der Waals surface area (Å²) in [5.41, 5.74) is 0. The molecule has 0 saturated carbocycles. The maximum absolute atomic E-state index is 12.3. The predicted molar refractivity (Wildman–Crippen MR) is 71.0 cm³/mol. The standard InChI is InChI=1S/C12H24N2O3S/c1-3-11-9-13-6-4-5-12(13)10-14(11)18(15,16)8-7-17-2/h11-12H,3-10H2,1-2H3/t11-,12-/m1/s1. The Hall–Kier alpha value is -0.170. The third kappa shape index (κ3) is 2.87. The molecule has 2 aliphatic rings. The summed E-state index contributed by atoms with van der Waals surface area (Å²) in [6, 6.07) is 0.575. The van der Waals surface area contributed by atoms with Gasteiger partial charge in [-0.2, -0.15) is 4.31 Å². The summed E-state index contributed by atoms with van der Waals surface area (Å²) in [6.45, 7) is 5.05. The van der Waals surface area contributed by atoms with Gasteiger partial charge in [-0.15, -0.1) is 0 Å². The summed E-state index contributed by atoms with van der Waals surface area (Å²) >= 11 is 0. The zero-order chi connectivity index (χ0) is 13.2. The van der Waals surface area contributed by atoms with Crippen LogP contribution in [0.5, 0.6) is 0 Å². The molecule has 0 bridgehead atoms. The number of sulfonamides is 1. The van der Waals surface area contributed by atoms with Gasteiger partial charge in [0, 0.05) is 32.3 Å². The molecule has 0 aromatic heterocycles. The van der Waals surface area contributed by atoms with Gasteiger partial charge >= 0.3 is 0 Å². The van der Waals surface area contributed by atoms with Crippen LogP contribution in [-0.2, 0) is 14.8 Å². The Balaban J connectivity index is 2.09. The Kier molecular flexibility index (Phi) is 4.64. The molecule has 0 radical (unpaired) electrons. The summed E-state index contributed by atoms with van der Waals surface area (Å²) in [5.74, 6) is 0.104. The quantitative estimate of drug-likeness (QED) is 0.734. The number of piperazine rings is 1. The van der Waals surface area contributed by atoms with Gasteiger partial charge < -0.3 is 4.74 Å². The van der Waals surface area contributed by atoms with Crippen LogP contribution < -0.4 is 0 Å². The zero-order valence-corrected chi connectivity index (χ0v) is 12.2. The number of ether oxygens (including phenoxy) is 1. The molecule has 6 heteroatoms. The molecule has 0 unspecified atom stereocenters. The van der Waals surface area contributed by atoms with E-state index in [0.29, 0.717) is 12.6 Å². The number of hydrogen-bond donors (Lipinski definition) is 0. The molecule has 0 spiro atoms. The van der Waals surface area contributed by atoms with Crippen molar-refractivity contribution in [1.29, 1.82) is 0 Å². The first-order valence-electron chi connectivity index (χ1n) is 6.81. The Labute approximate surface area is 110 Å². The van der Waals surface area contributed by atoms with E-state index >= 15 is 0 Å². The topological polar surface area (TPSA) is 49.9 Å². The van der Waals surface area contributed by atoms with Crippen molar-refractivity contribution in [2.75, 3.05) is 39.1 Å². The van der Waals surface area contributed by atoms with E-state index < -0.39 is 10.0 Å². The second kappa shape index (κ2) is 5.86. The predicted octanol–water partition coefficient (Wildman–Crippen LogP) is 0.521. The lowest BCUT2D eigenvalue weighted by Crippen LogP contribution is -2.58. The summed E-state index contributed by atoms with van der Waals surface area (Å²) < 4.78 is 31.3. The second-order valence-electron chi connectivity index (χ2n) is 5.23. The molecule has 2 aliphatic heterocycles. The molecule has 0 aliphatic carbocycles. The van der Waals surface area contributed by atoms with Crippen LogP contribution in [0.1, 0.15) is 26.2 Å². The summed E-state index contributed by atoms with van der Waals surface area (Å²) in [4.78, 5) is 2.45. The Morgan fingerprint density at radius 1 is 1.33 bits per heavy atom. The smallest absolute Gasteiger partial charge is 0.216 e. The van der Waals surface area contributed by atoms with Gasteiger partial charge in [-0.3, -0.25) is 4.90 Å².